The molecule has 2 rings (SSSR count). The number of hydrogen-bond acceptors (Lipinski definition) is 7. The Hall–Kier alpha value is -2.51. The van der Waals surface area contributed by atoms with Crippen molar-refractivity contribution in [1.29, 1.82) is 0 Å². The number of rotatable bonds is 3. The predicted molar refractivity (Wildman–Crippen MR) is 55.6 cm³/mol. The summed E-state index contributed by atoms with van der Waals surface area (Å²) in [5.74, 6) is 0.122. The fourth-order valence-electron chi connectivity index (χ4n) is 1.09. The molecule has 0 saturated heterocycles. The van der Waals surface area contributed by atoms with Gasteiger partial charge in [-0.3, -0.25) is 4.79 Å². The van der Waals surface area contributed by atoms with Crippen LogP contribution in [0.25, 0.3) is 0 Å². The number of aromatic nitrogens is 4. The second kappa shape index (κ2) is 4.56. The first-order chi connectivity index (χ1) is 8.20. The molecule has 2 aromatic rings. The molecule has 0 aliphatic carbocycles. The Kier molecular flexibility index (Phi) is 2.95. The zero-order chi connectivity index (χ0) is 12.3. The maximum absolute atomic E-state index is 11.8. The van der Waals surface area contributed by atoms with Crippen molar-refractivity contribution in [2.24, 2.45) is 0 Å². The fraction of sp³-hybridized carbons (Fsp3) is 0.222. The average Bonchev–Trinajstić information content (AvgIpc) is 2.75. The van der Waals surface area contributed by atoms with Gasteiger partial charge in [-0.15, -0.1) is 0 Å². The smallest absolute Gasteiger partial charge is 0.275 e. The van der Waals surface area contributed by atoms with Crippen molar-refractivity contribution in [3.05, 3.63) is 23.8 Å². The first kappa shape index (κ1) is 11.0. The Morgan fingerprint density at radius 2 is 2.24 bits per heavy atom. The van der Waals surface area contributed by atoms with Crippen LogP contribution in [0.5, 0.6) is 5.88 Å². The predicted octanol–water partition coefficient (Wildman–Crippen LogP) is 0.429. The minimum atomic E-state index is -0.440. The van der Waals surface area contributed by atoms with Crippen molar-refractivity contribution in [2.75, 3.05) is 12.4 Å². The van der Waals surface area contributed by atoms with E-state index >= 15 is 0 Å². The van der Waals surface area contributed by atoms with E-state index in [-0.39, 0.29) is 11.5 Å². The van der Waals surface area contributed by atoms with E-state index in [1.807, 2.05) is 0 Å². The van der Waals surface area contributed by atoms with Crippen molar-refractivity contribution in [1.82, 2.24) is 20.3 Å². The fourth-order valence-corrected chi connectivity index (χ4v) is 1.09. The number of aryl methyl sites for hydroxylation is 1. The van der Waals surface area contributed by atoms with Gasteiger partial charge in [0.25, 0.3) is 5.91 Å². The maximum Gasteiger partial charge on any atom is 0.275 e. The molecule has 0 atom stereocenters. The molecule has 0 saturated carbocycles. The molecule has 0 fully saturated rings. The van der Waals surface area contributed by atoms with Crippen LogP contribution in [-0.2, 0) is 0 Å². The largest absolute Gasteiger partial charge is 0.481 e. The first-order valence-electron chi connectivity index (χ1n) is 4.67. The molecule has 8 heteroatoms. The van der Waals surface area contributed by atoms with E-state index < -0.39 is 5.91 Å². The van der Waals surface area contributed by atoms with Crippen LogP contribution < -0.4 is 10.1 Å². The van der Waals surface area contributed by atoms with Crippen molar-refractivity contribution in [3.63, 3.8) is 0 Å². The molecule has 88 valence electrons. The van der Waals surface area contributed by atoms with E-state index in [9.17, 15) is 4.79 Å². The van der Waals surface area contributed by atoms with Crippen LogP contribution >= 0.6 is 0 Å². The number of nitrogens with zero attached hydrogens (tertiary/aromatic N) is 4. The van der Waals surface area contributed by atoms with Gasteiger partial charge in [-0.1, -0.05) is 5.16 Å². The number of hydrogen-bond donors (Lipinski definition) is 1. The van der Waals surface area contributed by atoms with Crippen LogP contribution in [0, 0.1) is 6.92 Å². The minimum Gasteiger partial charge on any atom is -0.481 e. The molecule has 0 bridgehead atoms. The topological polar surface area (TPSA) is 103 Å². The third-order valence-corrected chi connectivity index (χ3v) is 1.97. The summed E-state index contributed by atoms with van der Waals surface area (Å²) in [4.78, 5) is 19.4. The van der Waals surface area contributed by atoms with Crippen LogP contribution in [0.3, 0.4) is 0 Å². The second-order valence-electron chi connectivity index (χ2n) is 3.10. The van der Waals surface area contributed by atoms with Gasteiger partial charge >= 0.3 is 0 Å². The van der Waals surface area contributed by atoms with E-state index in [2.05, 4.69) is 30.2 Å². The number of nitrogens with one attached hydrogen (secondary N) is 1. The summed E-state index contributed by atoms with van der Waals surface area (Å²) in [6, 6.07) is 1.41. The summed E-state index contributed by atoms with van der Waals surface area (Å²) in [5, 5.41) is 9.58. The summed E-state index contributed by atoms with van der Waals surface area (Å²) in [6.45, 7) is 1.66. The third-order valence-electron chi connectivity index (χ3n) is 1.97. The van der Waals surface area contributed by atoms with Crippen molar-refractivity contribution < 1.29 is 14.2 Å². The number of ether oxygens (including phenoxy) is 1. The van der Waals surface area contributed by atoms with Crippen molar-refractivity contribution in [2.45, 2.75) is 6.92 Å². The van der Waals surface area contributed by atoms with Gasteiger partial charge in [-0.05, 0) is 12.1 Å². The third kappa shape index (κ3) is 2.36. The van der Waals surface area contributed by atoms with Crippen LogP contribution in [0.1, 0.15) is 16.2 Å². The summed E-state index contributed by atoms with van der Waals surface area (Å²) < 4.78 is 9.34. The quantitative estimate of drug-likeness (QED) is 0.822. The molecule has 0 spiro atoms. The van der Waals surface area contributed by atoms with Gasteiger partial charge in [0.15, 0.2) is 0 Å². The molecule has 2 aromatic heterocycles. The highest BCUT2D eigenvalue weighted by Crippen LogP contribution is 2.10. The highest BCUT2D eigenvalue weighted by Gasteiger charge is 2.13. The molecule has 0 aliphatic rings. The summed E-state index contributed by atoms with van der Waals surface area (Å²) in [7, 11) is 1.45. The molecule has 0 radical (unpaired) electrons. The number of anilines is 1. The molecule has 0 unspecified atom stereocenters. The SMILES string of the molecule is COc1cc(C(=O)Nc2nonc2C)ncn1. The van der Waals surface area contributed by atoms with E-state index in [4.69, 9.17) is 4.74 Å². The normalized spacial score (nSPS) is 10.0. The van der Waals surface area contributed by atoms with Crippen molar-refractivity contribution >= 4 is 11.7 Å². The monoisotopic (exact) mass is 235 g/mol. The van der Waals surface area contributed by atoms with Gasteiger partial charge in [-0.25, -0.2) is 14.6 Å². The molecular formula is C9H9N5O3. The van der Waals surface area contributed by atoms with Gasteiger partial charge in [-0.2, -0.15) is 0 Å². The average molecular weight is 235 g/mol. The molecule has 0 aliphatic heterocycles. The second-order valence-corrected chi connectivity index (χ2v) is 3.10. The zero-order valence-electron chi connectivity index (χ0n) is 9.17. The lowest BCUT2D eigenvalue weighted by Crippen LogP contribution is -2.15. The Balaban J connectivity index is 2.17. The first-order valence-corrected chi connectivity index (χ1v) is 4.67. The molecule has 1 N–H and O–H groups in total. The maximum atomic E-state index is 11.8. The lowest BCUT2D eigenvalue weighted by Gasteiger charge is -2.02. The minimum absolute atomic E-state index is 0.166. The highest BCUT2D eigenvalue weighted by molar-refractivity contribution is 6.02. The molecule has 1 amide bonds. The van der Waals surface area contributed by atoms with Gasteiger partial charge in [0.1, 0.15) is 17.7 Å². The summed E-state index contributed by atoms with van der Waals surface area (Å²) >= 11 is 0. The van der Waals surface area contributed by atoms with Gasteiger partial charge in [0.05, 0.1) is 7.11 Å². The summed E-state index contributed by atoms with van der Waals surface area (Å²) in [5.41, 5.74) is 0.652. The van der Waals surface area contributed by atoms with E-state index in [1.165, 1.54) is 19.5 Å². The van der Waals surface area contributed by atoms with E-state index in [0.717, 1.165) is 0 Å². The molecule has 2 heterocycles. The molecule has 0 aromatic carbocycles. The van der Waals surface area contributed by atoms with Gasteiger partial charge < -0.3 is 10.1 Å². The zero-order valence-corrected chi connectivity index (χ0v) is 9.17. The van der Waals surface area contributed by atoms with E-state index in [0.29, 0.717) is 11.6 Å². The number of amides is 1. The molecule has 17 heavy (non-hydrogen) atoms. The van der Waals surface area contributed by atoms with Crippen LogP contribution in [0.15, 0.2) is 17.0 Å². The van der Waals surface area contributed by atoms with Crippen LogP contribution in [0.2, 0.25) is 0 Å². The lowest BCUT2D eigenvalue weighted by molar-refractivity contribution is 0.102. The van der Waals surface area contributed by atoms with Crippen LogP contribution in [-0.4, -0.2) is 33.3 Å². The van der Waals surface area contributed by atoms with Gasteiger partial charge in [0.2, 0.25) is 11.7 Å². The Bertz CT molecular complexity index is 539. The standard InChI is InChI=1S/C9H9N5O3/c1-5-8(14-17-13-5)12-9(15)6-3-7(16-2)11-4-10-6/h3-4H,1-2H3,(H,12,14,15). The molecular weight excluding hydrogens is 226 g/mol. The number of carbonyl (C=O) groups is 1. The Morgan fingerprint density at radius 3 is 2.88 bits per heavy atom. The Morgan fingerprint density at radius 1 is 1.41 bits per heavy atom. The number of methoxy groups -OCH3 is 1. The lowest BCUT2D eigenvalue weighted by atomic mass is 10.3. The van der Waals surface area contributed by atoms with Gasteiger partial charge in [0, 0.05) is 6.07 Å². The summed E-state index contributed by atoms with van der Waals surface area (Å²) in [6.07, 6.45) is 1.24. The number of carbonyl (C=O) groups excluding carboxylic acids is 1. The van der Waals surface area contributed by atoms with Crippen molar-refractivity contribution in [3.8, 4) is 5.88 Å². The highest BCUT2D eigenvalue weighted by atomic mass is 16.6. The molecule has 8 nitrogen and oxygen atoms in total. The Labute approximate surface area is 96.0 Å². The van der Waals surface area contributed by atoms with E-state index in [1.54, 1.807) is 6.92 Å². The van der Waals surface area contributed by atoms with Crippen LogP contribution in [0.4, 0.5) is 5.82 Å².